The van der Waals surface area contributed by atoms with Gasteiger partial charge < -0.3 is 16.2 Å². The summed E-state index contributed by atoms with van der Waals surface area (Å²) in [5.74, 6) is -0.107. The molecule has 1 heterocycles. The number of anilines is 1. The highest BCUT2D eigenvalue weighted by Gasteiger charge is 2.11. The lowest BCUT2D eigenvalue weighted by Gasteiger charge is -2.16. The number of nitrogens with zero attached hydrogens (tertiary/aromatic N) is 1. The third-order valence-electron chi connectivity index (χ3n) is 2.13. The second kappa shape index (κ2) is 5.31. The lowest BCUT2D eigenvalue weighted by Crippen LogP contribution is -2.25. The highest BCUT2D eigenvalue weighted by atomic mass is 16.3. The summed E-state index contributed by atoms with van der Waals surface area (Å²) >= 11 is 0. The Morgan fingerprint density at radius 3 is 3.00 bits per heavy atom. The van der Waals surface area contributed by atoms with Crippen molar-refractivity contribution in [2.75, 3.05) is 11.9 Å². The number of hydrogen-bond donors (Lipinski definition) is 3. The van der Waals surface area contributed by atoms with Crippen molar-refractivity contribution in [2.24, 2.45) is 5.73 Å². The van der Waals surface area contributed by atoms with Gasteiger partial charge in [-0.15, -0.1) is 0 Å². The third kappa shape index (κ3) is 2.92. The summed E-state index contributed by atoms with van der Waals surface area (Å²) in [5.41, 5.74) is 5.53. The molecule has 5 nitrogen and oxygen atoms in total. The average Bonchev–Trinajstić information content (AvgIpc) is 2.26. The molecule has 0 aliphatic rings. The first-order valence-corrected chi connectivity index (χ1v) is 4.81. The van der Waals surface area contributed by atoms with E-state index in [1.807, 2.05) is 6.92 Å². The van der Waals surface area contributed by atoms with E-state index in [2.05, 4.69) is 10.3 Å². The Bertz CT molecular complexity index is 337. The maximum absolute atomic E-state index is 11.1. The van der Waals surface area contributed by atoms with Gasteiger partial charge in [0.1, 0.15) is 5.82 Å². The molecule has 0 aliphatic heterocycles. The molecule has 82 valence electrons. The Labute approximate surface area is 88.3 Å². The zero-order valence-corrected chi connectivity index (χ0v) is 8.60. The Hall–Kier alpha value is -1.62. The smallest absolute Gasteiger partial charge is 0.252 e. The SMILES string of the molecule is CCC(CO)Nc1ncccc1C(N)=O. The number of nitrogens with two attached hydrogens (primary N) is 1. The van der Waals surface area contributed by atoms with Gasteiger partial charge in [-0.1, -0.05) is 6.92 Å². The van der Waals surface area contributed by atoms with Crippen LogP contribution in [0.4, 0.5) is 5.82 Å². The van der Waals surface area contributed by atoms with Crippen LogP contribution in [-0.4, -0.2) is 28.6 Å². The normalized spacial score (nSPS) is 12.1. The predicted molar refractivity (Wildman–Crippen MR) is 57.5 cm³/mol. The van der Waals surface area contributed by atoms with Gasteiger partial charge in [0.25, 0.3) is 5.91 Å². The molecule has 0 radical (unpaired) electrons. The van der Waals surface area contributed by atoms with Crippen LogP contribution in [-0.2, 0) is 0 Å². The van der Waals surface area contributed by atoms with E-state index >= 15 is 0 Å². The summed E-state index contributed by atoms with van der Waals surface area (Å²) in [6.07, 6.45) is 2.31. The lowest BCUT2D eigenvalue weighted by atomic mass is 10.2. The van der Waals surface area contributed by atoms with E-state index in [0.717, 1.165) is 6.42 Å². The van der Waals surface area contributed by atoms with Gasteiger partial charge in [-0.2, -0.15) is 0 Å². The van der Waals surface area contributed by atoms with Crippen LogP contribution in [0.1, 0.15) is 23.7 Å². The number of aromatic nitrogens is 1. The average molecular weight is 209 g/mol. The van der Waals surface area contributed by atoms with Gasteiger partial charge in [0.15, 0.2) is 0 Å². The first kappa shape index (κ1) is 11.5. The molecule has 0 fully saturated rings. The van der Waals surface area contributed by atoms with E-state index < -0.39 is 5.91 Å². The van der Waals surface area contributed by atoms with E-state index in [4.69, 9.17) is 10.8 Å². The number of primary amides is 1. The maximum Gasteiger partial charge on any atom is 0.252 e. The van der Waals surface area contributed by atoms with E-state index in [0.29, 0.717) is 11.4 Å². The van der Waals surface area contributed by atoms with Crippen molar-refractivity contribution >= 4 is 11.7 Å². The minimum Gasteiger partial charge on any atom is -0.394 e. The van der Waals surface area contributed by atoms with Crippen molar-refractivity contribution in [2.45, 2.75) is 19.4 Å². The molecule has 0 bridgehead atoms. The molecular weight excluding hydrogens is 194 g/mol. The molecule has 5 heteroatoms. The Balaban J connectivity index is 2.88. The van der Waals surface area contributed by atoms with Crippen LogP contribution >= 0.6 is 0 Å². The first-order chi connectivity index (χ1) is 7.19. The van der Waals surface area contributed by atoms with Crippen LogP contribution in [0.25, 0.3) is 0 Å². The van der Waals surface area contributed by atoms with E-state index in [1.54, 1.807) is 18.3 Å². The number of aliphatic hydroxyl groups is 1. The molecule has 0 spiro atoms. The van der Waals surface area contributed by atoms with Crippen molar-refractivity contribution in [1.29, 1.82) is 0 Å². The van der Waals surface area contributed by atoms with Gasteiger partial charge in [-0.25, -0.2) is 4.98 Å². The van der Waals surface area contributed by atoms with E-state index in [1.165, 1.54) is 0 Å². The molecule has 1 aromatic rings. The van der Waals surface area contributed by atoms with Crippen molar-refractivity contribution in [3.63, 3.8) is 0 Å². The van der Waals surface area contributed by atoms with Crippen LogP contribution in [0.15, 0.2) is 18.3 Å². The number of carbonyl (C=O) groups excluding carboxylic acids is 1. The number of rotatable bonds is 5. The predicted octanol–water partition coefficient (Wildman–Crippen LogP) is 0.363. The summed E-state index contributed by atoms with van der Waals surface area (Å²) in [5, 5.41) is 12.0. The molecule has 1 rings (SSSR count). The third-order valence-corrected chi connectivity index (χ3v) is 2.13. The van der Waals surface area contributed by atoms with Crippen LogP contribution in [0.5, 0.6) is 0 Å². The fourth-order valence-electron chi connectivity index (χ4n) is 1.19. The number of aliphatic hydroxyl groups excluding tert-OH is 1. The molecule has 0 aromatic carbocycles. The number of amides is 1. The van der Waals surface area contributed by atoms with Crippen molar-refractivity contribution in [3.05, 3.63) is 23.9 Å². The second-order valence-corrected chi connectivity index (χ2v) is 3.20. The quantitative estimate of drug-likeness (QED) is 0.653. The summed E-state index contributed by atoms with van der Waals surface area (Å²) < 4.78 is 0. The fourth-order valence-corrected chi connectivity index (χ4v) is 1.19. The van der Waals surface area contributed by atoms with Crippen LogP contribution < -0.4 is 11.1 Å². The number of carbonyl (C=O) groups is 1. The van der Waals surface area contributed by atoms with E-state index in [9.17, 15) is 4.79 Å². The largest absolute Gasteiger partial charge is 0.394 e. The molecule has 0 saturated heterocycles. The summed E-state index contributed by atoms with van der Waals surface area (Å²) in [6.45, 7) is 1.92. The zero-order chi connectivity index (χ0) is 11.3. The van der Waals surface area contributed by atoms with Gasteiger partial charge in [0.05, 0.1) is 18.2 Å². The summed E-state index contributed by atoms with van der Waals surface area (Å²) in [6, 6.07) is 3.13. The summed E-state index contributed by atoms with van der Waals surface area (Å²) in [4.78, 5) is 15.1. The fraction of sp³-hybridized carbons (Fsp3) is 0.400. The molecule has 1 unspecified atom stereocenters. The minimum atomic E-state index is -0.529. The summed E-state index contributed by atoms with van der Waals surface area (Å²) in [7, 11) is 0. The number of hydrogen-bond acceptors (Lipinski definition) is 4. The molecule has 1 aromatic heterocycles. The molecule has 15 heavy (non-hydrogen) atoms. The molecule has 1 amide bonds. The zero-order valence-electron chi connectivity index (χ0n) is 8.60. The Kier molecular flexibility index (Phi) is 4.05. The number of nitrogens with one attached hydrogen (secondary N) is 1. The highest BCUT2D eigenvalue weighted by molar-refractivity contribution is 5.97. The van der Waals surface area contributed by atoms with Crippen LogP contribution in [0.2, 0.25) is 0 Å². The lowest BCUT2D eigenvalue weighted by molar-refractivity contribution is 0.100. The maximum atomic E-state index is 11.1. The van der Waals surface area contributed by atoms with Gasteiger partial charge in [0.2, 0.25) is 0 Å². The number of pyridine rings is 1. The standard InChI is InChI=1S/C10H15N3O2/c1-2-7(6-14)13-10-8(9(11)15)4-3-5-12-10/h3-5,7,14H,2,6H2,1H3,(H2,11,15)(H,12,13). The first-order valence-electron chi connectivity index (χ1n) is 4.81. The highest BCUT2D eigenvalue weighted by Crippen LogP contribution is 2.12. The van der Waals surface area contributed by atoms with Gasteiger partial charge in [-0.3, -0.25) is 4.79 Å². The van der Waals surface area contributed by atoms with Gasteiger partial charge >= 0.3 is 0 Å². The van der Waals surface area contributed by atoms with Crippen molar-refractivity contribution < 1.29 is 9.90 Å². The molecule has 4 N–H and O–H groups in total. The second-order valence-electron chi connectivity index (χ2n) is 3.20. The molecule has 0 saturated carbocycles. The molecular formula is C10H15N3O2. The Morgan fingerprint density at radius 2 is 2.47 bits per heavy atom. The van der Waals surface area contributed by atoms with Crippen molar-refractivity contribution in [1.82, 2.24) is 4.98 Å². The molecule has 0 aliphatic carbocycles. The van der Waals surface area contributed by atoms with Gasteiger partial charge in [0, 0.05) is 6.20 Å². The monoisotopic (exact) mass is 209 g/mol. The van der Waals surface area contributed by atoms with Gasteiger partial charge in [-0.05, 0) is 18.6 Å². The van der Waals surface area contributed by atoms with Crippen LogP contribution in [0.3, 0.4) is 0 Å². The minimum absolute atomic E-state index is 0.00865. The topological polar surface area (TPSA) is 88.2 Å². The molecule has 1 atom stereocenters. The Morgan fingerprint density at radius 1 is 1.73 bits per heavy atom. The van der Waals surface area contributed by atoms with E-state index in [-0.39, 0.29) is 12.6 Å². The van der Waals surface area contributed by atoms with Crippen molar-refractivity contribution in [3.8, 4) is 0 Å². The van der Waals surface area contributed by atoms with Crippen LogP contribution in [0, 0.1) is 0 Å².